The Balaban J connectivity index is 0. The third-order valence-corrected chi connectivity index (χ3v) is 1.24. The molecule has 3 nitrogen and oxygen atoms in total. The van der Waals surface area contributed by atoms with Crippen molar-refractivity contribution in [2.45, 2.75) is 19.8 Å². The second-order valence-electron chi connectivity index (χ2n) is 2.16. The molecule has 70 valence electrons. The third kappa shape index (κ3) is 4.36. The number of halogens is 2. The van der Waals surface area contributed by atoms with Crippen LogP contribution >= 0.6 is 24.8 Å². The van der Waals surface area contributed by atoms with E-state index in [1.54, 1.807) is 6.20 Å². The molecule has 0 fully saturated rings. The Labute approximate surface area is 84.6 Å². The summed E-state index contributed by atoms with van der Waals surface area (Å²) >= 11 is 0. The number of nitrogens with zero attached hydrogens (tertiary/aromatic N) is 2. The maximum absolute atomic E-state index is 5.37. The van der Waals surface area contributed by atoms with Gasteiger partial charge in [0.25, 0.3) is 0 Å². The molecule has 1 heterocycles. The lowest BCUT2D eigenvalue weighted by molar-refractivity contribution is 0.876. The average molecular weight is 210 g/mol. The summed E-state index contributed by atoms with van der Waals surface area (Å²) < 4.78 is 0. The van der Waals surface area contributed by atoms with E-state index in [1.165, 1.54) is 0 Å². The van der Waals surface area contributed by atoms with Gasteiger partial charge in [0, 0.05) is 11.9 Å². The quantitative estimate of drug-likeness (QED) is 0.810. The first kappa shape index (κ1) is 14.0. The summed E-state index contributed by atoms with van der Waals surface area (Å²) in [5, 5.41) is 0. The van der Waals surface area contributed by atoms with Gasteiger partial charge in [0.15, 0.2) is 0 Å². The highest BCUT2D eigenvalue weighted by atomic mass is 35.5. The third-order valence-electron chi connectivity index (χ3n) is 1.24. The molecule has 0 bridgehead atoms. The average Bonchev–Trinajstić information content (AvgIpc) is 1.88. The number of rotatable bonds is 2. The second kappa shape index (κ2) is 7.13. The van der Waals surface area contributed by atoms with Gasteiger partial charge in [-0.25, -0.2) is 9.97 Å². The standard InChI is InChI=1S/C7H11N3.2ClH/c1-2-3-6-4-5-9-7(8)10-6;;/h4-5H,2-3H2,1H3,(H2,8,9,10);2*1H. The number of hydrogen-bond donors (Lipinski definition) is 1. The molecule has 0 radical (unpaired) electrons. The van der Waals surface area contributed by atoms with Crippen LogP contribution in [0.2, 0.25) is 0 Å². The predicted octanol–water partition coefficient (Wildman–Crippen LogP) is 1.85. The van der Waals surface area contributed by atoms with Crippen LogP contribution in [0.4, 0.5) is 5.95 Å². The molecule has 0 amide bonds. The van der Waals surface area contributed by atoms with Gasteiger partial charge in [0.2, 0.25) is 5.95 Å². The lowest BCUT2D eigenvalue weighted by atomic mass is 10.2. The normalized spacial score (nSPS) is 8.08. The van der Waals surface area contributed by atoms with Crippen LogP contribution in [0.3, 0.4) is 0 Å². The van der Waals surface area contributed by atoms with E-state index in [0.29, 0.717) is 5.95 Å². The fourth-order valence-corrected chi connectivity index (χ4v) is 0.808. The van der Waals surface area contributed by atoms with Crippen molar-refractivity contribution in [2.75, 3.05) is 5.73 Å². The fourth-order valence-electron chi connectivity index (χ4n) is 0.808. The van der Waals surface area contributed by atoms with Gasteiger partial charge >= 0.3 is 0 Å². The van der Waals surface area contributed by atoms with Crippen LogP contribution in [0.5, 0.6) is 0 Å². The summed E-state index contributed by atoms with van der Waals surface area (Å²) in [5.41, 5.74) is 6.39. The maximum atomic E-state index is 5.37. The van der Waals surface area contributed by atoms with Crippen molar-refractivity contribution in [3.8, 4) is 0 Å². The van der Waals surface area contributed by atoms with Crippen molar-refractivity contribution in [3.05, 3.63) is 18.0 Å². The van der Waals surface area contributed by atoms with Gasteiger partial charge in [-0.05, 0) is 12.5 Å². The summed E-state index contributed by atoms with van der Waals surface area (Å²) in [4.78, 5) is 7.82. The molecule has 1 aromatic heterocycles. The van der Waals surface area contributed by atoms with Crippen molar-refractivity contribution in [1.29, 1.82) is 0 Å². The Kier molecular flexibility index (Phi) is 8.32. The first-order chi connectivity index (χ1) is 4.83. The van der Waals surface area contributed by atoms with Gasteiger partial charge in [-0.3, -0.25) is 0 Å². The van der Waals surface area contributed by atoms with E-state index < -0.39 is 0 Å². The zero-order valence-corrected chi connectivity index (χ0v) is 8.49. The molecule has 0 aliphatic carbocycles. The van der Waals surface area contributed by atoms with Gasteiger partial charge in [-0.15, -0.1) is 24.8 Å². The molecule has 0 spiro atoms. The minimum Gasteiger partial charge on any atom is -0.368 e. The van der Waals surface area contributed by atoms with Crippen molar-refractivity contribution in [3.63, 3.8) is 0 Å². The molecular weight excluding hydrogens is 197 g/mol. The van der Waals surface area contributed by atoms with Crippen LogP contribution in [0.1, 0.15) is 19.0 Å². The second-order valence-corrected chi connectivity index (χ2v) is 2.16. The van der Waals surface area contributed by atoms with Gasteiger partial charge in [-0.1, -0.05) is 13.3 Å². The van der Waals surface area contributed by atoms with Crippen LogP contribution in [0, 0.1) is 0 Å². The summed E-state index contributed by atoms with van der Waals surface area (Å²) in [6.07, 6.45) is 3.76. The van der Waals surface area contributed by atoms with Crippen molar-refractivity contribution < 1.29 is 0 Å². The van der Waals surface area contributed by atoms with Crippen LogP contribution in [0.15, 0.2) is 12.3 Å². The topological polar surface area (TPSA) is 51.8 Å². The Morgan fingerprint density at radius 2 is 2.08 bits per heavy atom. The SMILES string of the molecule is CCCc1ccnc(N)n1.Cl.Cl. The number of nitrogen functional groups attached to an aromatic ring is 1. The van der Waals surface area contributed by atoms with Crippen molar-refractivity contribution >= 4 is 30.8 Å². The maximum Gasteiger partial charge on any atom is 0.220 e. The smallest absolute Gasteiger partial charge is 0.220 e. The molecule has 0 saturated carbocycles. The Bertz CT molecular complexity index is 218. The van der Waals surface area contributed by atoms with Gasteiger partial charge in [0.1, 0.15) is 0 Å². The molecule has 1 rings (SSSR count). The van der Waals surface area contributed by atoms with E-state index in [0.717, 1.165) is 18.5 Å². The number of aromatic nitrogens is 2. The van der Waals surface area contributed by atoms with Crippen LogP contribution in [0.25, 0.3) is 0 Å². The van der Waals surface area contributed by atoms with E-state index in [-0.39, 0.29) is 24.8 Å². The van der Waals surface area contributed by atoms with E-state index in [9.17, 15) is 0 Å². The van der Waals surface area contributed by atoms with Crippen LogP contribution < -0.4 is 5.73 Å². The molecule has 0 saturated heterocycles. The first-order valence-electron chi connectivity index (χ1n) is 3.40. The Morgan fingerprint density at radius 1 is 1.42 bits per heavy atom. The zero-order chi connectivity index (χ0) is 7.40. The predicted molar refractivity (Wildman–Crippen MR) is 54.9 cm³/mol. The number of aryl methyl sites for hydroxylation is 1. The molecule has 0 atom stereocenters. The first-order valence-corrected chi connectivity index (χ1v) is 3.40. The number of anilines is 1. The summed E-state index contributed by atoms with van der Waals surface area (Å²) in [6.45, 7) is 2.11. The van der Waals surface area contributed by atoms with Crippen LogP contribution in [-0.2, 0) is 6.42 Å². The van der Waals surface area contributed by atoms with Gasteiger partial charge in [-0.2, -0.15) is 0 Å². The number of nitrogens with two attached hydrogens (primary N) is 1. The molecule has 0 aromatic carbocycles. The van der Waals surface area contributed by atoms with E-state index in [2.05, 4.69) is 16.9 Å². The van der Waals surface area contributed by atoms with Crippen molar-refractivity contribution in [1.82, 2.24) is 9.97 Å². The van der Waals surface area contributed by atoms with E-state index >= 15 is 0 Å². The summed E-state index contributed by atoms with van der Waals surface area (Å²) in [5.74, 6) is 0.367. The molecule has 1 aromatic rings. The fraction of sp³-hybridized carbons (Fsp3) is 0.429. The molecule has 0 unspecified atom stereocenters. The molecule has 0 aliphatic rings. The highest BCUT2D eigenvalue weighted by molar-refractivity contribution is 5.85. The zero-order valence-electron chi connectivity index (χ0n) is 6.86. The van der Waals surface area contributed by atoms with Crippen molar-refractivity contribution in [2.24, 2.45) is 0 Å². The molecule has 0 aliphatic heterocycles. The summed E-state index contributed by atoms with van der Waals surface area (Å²) in [6, 6.07) is 1.89. The summed E-state index contributed by atoms with van der Waals surface area (Å²) in [7, 11) is 0. The molecule has 12 heavy (non-hydrogen) atoms. The molecular formula is C7H13Cl2N3. The minimum atomic E-state index is 0. The van der Waals surface area contributed by atoms with E-state index in [4.69, 9.17) is 5.73 Å². The minimum absolute atomic E-state index is 0. The Hall–Kier alpha value is -0.540. The monoisotopic (exact) mass is 209 g/mol. The Morgan fingerprint density at radius 3 is 2.58 bits per heavy atom. The van der Waals surface area contributed by atoms with Gasteiger partial charge < -0.3 is 5.73 Å². The number of hydrogen-bond acceptors (Lipinski definition) is 3. The van der Waals surface area contributed by atoms with E-state index in [1.807, 2.05) is 6.07 Å². The lowest BCUT2D eigenvalue weighted by Gasteiger charge is -1.96. The highest BCUT2D eigenvalue weighted by Gasteiger charge is 1.92. The lowest BCUT2D eigenvalue weighted by Crippen LogP contribution is -1.97. The molecule has 2 N–H and O–H groups in total. The molecule has 5 heteroatoms. The highest BCUT2D eigenvalue weighted by Crippen LogP contribution is 1.98. The van der Waals surface area contributed by atoms with Crippen LogP contribution in [-0.4, -0.2) is 9.97 Å². The largest absolute Gasteiger partial charge is 0.368 e. The van der Waals surface area contributed by atoms with Gasteiger partial charge in [0.05, 0.1) is 0 Å².